The van der Waals surface area contributed by atoms with Crippen LogP contribution < -0.4 is 5.32 Å². The fourth-order valence-corrected chi connectivity index (χ4v) is 1.78. The van der Waals surface area contributed by atoms with Gasteiger partial charge in [-0.2, -0.15) is 0 Å². The van der Waals surface area contributed by atoms with Crippen molar-refractivity contribution in [2.45, 2.75) is 18.9 Å². The molecular formula is C10H22N2O2. The molecule has 1 rings (SSSR count). The van der Waals surface area contributed by atoms with Crippen LogP contribution in [-0.4, -0.2) is 61.1 Å². The summed E-state index contributed by atoms with van der Waals surface area (Å²) in [6.45, 7) is 3.66. The Morgan fingerprint density at radius 1 is 1.43 bits per heavy atom. The zero-order chi connectivity index (χ0) is 10.4. The van der Waals surface area contributed by atoms with Crippen LogP contribution in [0.25, 0.3) is 0 Å². The predicted octanol–water partition coefficient (Wildman–Crippen LogP) is -0.729. The van der Waals surface area contributed by atoms with Crippen molar-refractivity contribution in [2.75, 3.05) is 39.8 Å². The highest BCUT2D eigenvalue weighted by atomic mass is 16.3. The summed E-state index contributed by atoms with van der Waals surface area (Å²) in [7, 11) is 2.15. The van der Waals surface area contributed by atoms with Gasteiger partial charge in [0.15, 0.2) is 0 Å². The van der Waals surface area contributed by atoms with Gasteiger partial charge in [-0.25, -0.2) is 0 Å². The Labute approximate surface area is 85.9 Å². The molecule has 0 saturated carbocycles. The summed E-state index contributed by atoms with van der Waals surface area (Å²) in [5, 5.41) is 20.9. The molecule has 84 valence electrons. The Hall–Kier alpha value is -0.160. The minimum absolute atomic E-state index is 0.152. The number of likely N-dealkylation sites (tertiary alicyclic amines) is 1. The van der Waals surface area contributed by atoms with Gasteiger partial charge in [0.25, 0.3) is 0 Å². The number of nitrogens with one attached hydrogen (secondary N) is 1. The molecular weight excluding hydrogens is 180 g/mol. The van der Waals surface area contributed by atoms with Crippen LogP contribution >= 0.6 is 0 Å². The molecule has 0 aliphatic carbocycles. The Bertz CT molecular complexity index is 147. The van der Waals surface area contributed by atoms with Gasteiger partial charge in [0, 0.05) is 6.54 Å². The van der Waals surface area contributed by atoms with Crippen molar-refractivity contribution in [3.8, 4) is 0 Å². The predicted molar refractivity (Wildman–Crippen MR) is 56.2 cm³/mol. The summed E-state index contributed by atoms with van der Waals surface area (Å²) in [6.07, 6.45) is 1.86. The molecule has 0 bridgehead atoms. The molecule has 0 aromatic rings. The fourth-order valence-electron chi connectivity index (χ4n) is 1.78. The Morgan fingerprint density at radius 2 is 2.07 bits per heavy atom. The molecule has 1 saturated heterocycles. The maximum atomic E-state index is 9.11. The first-order valence-electron chi connectivity index (χ1n) is 5.40. The number of piperidine rings is 1. The maximum absolute atomic E-state index is 9.11. The lowest BCUT2D eigenvalue weighted by atomic mass is 9.97. The normalized spacial score (nSPS) is 22.5. The maximum Gasteiger partial charge on any atom is 0.0894 e. The average Bonchev–Trinajstić information content (AvgIpc) is 2.21. The lowest BCUT2D eigenvalue weighted by molar-refractivity contribution is 0.0923. The highest BCUT2D eigenvalue weighted by Gasteiger charge is 2.16. The Balaban J connectivity index is 2.02. The SMILES string of the molecule is CN1CCC(CNCC(O)CO)CC1. The molecule has 0 aromatic carbocycles. The largest absolute Gasteiger partial charge is 0.394 e. The zero-order valence-electron chi connectivity index (χ0n) is 8.95. The van der Waals surface area contributed by atoms with Crippen molar-refractivity contribution < 1.29 is 10.2 Å². The van der Waals surface area contributed by atoms with Crippen LogP contribution in [-0.2, 0) is 0 Å². The van der Waals surface area contributed by atoms with E-state index in [2.05, 4.69) is 17.3 Å². The van der Waals surface area contributed by atoms with Crippen molar-refractivity contribution in [1.29, 1.82) is 0 Å². The van der Waals surface area contributed by atoms with Crippen LogP contribution in [0.2, 0.25) is 0 Å². The lowest BCUT2D eigenvalue weighted by Gasteiger charge is -2.29. The van der Waals surface area contributed by atoms with Crippen LogP contribution in [0.5, 0.6) is 0 Å². The highest BCUT2D eigenvalue weighted by molar-refractivity contribution is 4.72. The third-order valence-corrected chi connectivity index (χ3v) is 2.86. The Kier molecular flexibility index (Phi) is 5.40. The van der Waals surface area contributed by atoms with E-state index in [1.165, 1.54) is 25.9 Å². The van der Waals surface area contributed by atoms with Gasteiger partial charge in [0.2, 0.25) is 0 Å². The topological polar surface area (TPSA) is 55.7 Å². The second kappa shape index (κ2) is 6.35. The fraction of sp³-hybridized carbons (Fsp3) is 1.00. The molecule has 0 aromatic heterocycles. The zero-order valence-corrected chi connectivity index (χ0v) is 8.95. The molecule has 0 amide bonds. The van der Waals surface area contributed by atoms with Gasteiger partial charge in [-0.05, 0) is 45.4 Å². The van der Waals surface area contributed by atoms with E-state index < -0.39 is 6.10 Å². The standard InChI is InChI=1S/C10H22N2O2/c1-12-4-2-9(3-5-12)6-11-7-10(14)8-13/h9-11,13-14H,2-8H2,1H3. The van der Waals surface area contributed by atoms with Gasteiger partial charge < -0.3 is 20.4 Å². The van der Waals surface area contributed by atoms with Crippen LogP contribution in [0.1, 0.15) is 12.8 Å². The summed E-state index contributed by atoms with van der Waals surface area (Å²) < 4.78 is 0. The van der Waals surface area contributed by atoms with Gasteiger partial charge in [0.1, 0.15) is 0 Å². The first-order chi connectivity index (χ1) is 6.72. The number of hydrogen-bond donors (Lipinski definition) is 3. The second-order valence-corrected chi connectivity index (χ2v) is 4.24. The average molecular weight is 202 g/mol. The smallest absolute Gasteiger partial charge is 0.0894 e. The second-order valence-electron chi connectivity index (χ2n) is 4.24. The van der Waals surface area contributed by atoms with Gasteiger partial charge in [-0.15, -0.1) is 0 Å². The van der Waals surface area contributed by atoms with Crippen molar-refractivity contribution in [3.05, 3.63) is 0 Å². The number of nitrogens with zero attached hydrogens (tertiary/aromatic N) is 1. The van der Waals surface area contributed by atoms with Crippen LogP contribution in [0.4, 0.5) is 0 Å². The summed E-state index contributed by atoms with van der Waals surface area (Å²) in [4.78, 5) is 2.35. The van der Waals surface area contributed by atoms with Crippen molar-refractivity contribution >= 4 is 0 Å². The molecule has 14 heavy (non-hydrogen) atoms. The number of aliphatic hydroxyl groups is 2. The molecule has 1 aliphatic rings. The molecule has 1 atom stereocenters. The van der Waals surface area contributed by atoms with Crippen molar-refractivity contribution in [2.24, 2.45) is 5.92 Å². The first kappa shape index (κ1) is 11.9. The molecule has 4 nitrogen and oxygen atoms in total. The van der Waals surface area contributed by atoms with Crippen molar-refractivity contribution in [3.63, 3.8) is 0 Å². The van der Waals surface area contributed by atoms with E-state index in [0.29, 0.717) is 6.54 Å². The minimum atomic E-state index is -0.610. The molecule has 3 N–H and O–H groups in total. The monoisotopic (exact) mass is 202 g/mol. The van der Waals surface area contributed by atoms with Gasteiger partial charge >= 0.3 is 0 Å². The first-order valence-corrected chi connectivity index (χ1v) is 5.40. The van der Waals surface area contributed by atoms with Gasteiger partial charge in [0.05, 0.1) is 12.7 Å². The third-order valence-electron chi connectivity index (χ3n) is 2.86. The van der Waals surface area contributed by atoms with E-state index in [4.69, 9.17) is 10.2 Å². The summed E-state index contributed by atoms with van der Waals surface area (Å²) in [6, 6.07) is 0. The van der Waals surface area contributed by atoms with Crippen LogP contribution in [0, 0.1) is 5.92 Å². The van der Waals surface area contributed by atoms with Crippen molar-refractivity contribution in [1.82, 2.24) is 10.2 Å². The highest BCUT2D eigenvalue weighted by Crippen LogP contribution is 2.14. The molecule has 1 heterocycles. The van der Waals surface area contributed by atoms with E-state index in [1.54, 1.807) is 0 Å². The number of hydrogen-bond acceptors (Lipinski definition) is 4. The summed E-state index contributed by atoms with van der Waals surface area (Å²) >= 11 is 0. The molecule has 0 radical (unpaired) electrons. The number of rotatable bonds is 5. The van der Waals surface area contributed by atoms with Crippen LogP contribution in [0.3, 0.4) is 0 Å². The molecule has 4 heteroatoms. The van der Waals surface area contributed by atoms with Gasteiger partial charge in [-0.3, -0.25) is 0 Å². The van der Waals surface area contributed by atoms with Crippen LogP contribution in [0.15, 0.2) is 0 Å². The van der Waals surface area contributed by atoms with E-state index in [-0.39, 0.29) is 6.61 Å². The van der Waals surface area contributed by atoms with E-state index in [1.807, 2.05) is 0 Å². The summed E-state index contributed by atoms with van der Waals surface area (Å²) in [5.41, 5.74) is 0. The quantitative estimate of drug-likeness (QED) is 0.550. The molecule has 1 fully saturated rings. The van der Waals surface area contributed by atoms with E-state index in [0.717, 1.165) is 12.5 Å². The number of aliphatic hydroxyl groups excluding tert-OH is 2. The summed E-state index contributed by atoms with van der Waals surface area (Å²) in [5.74, 6) is 0.733. The Morgan fingerprint density at radius 3 is 2.64 bits per heavy atom. The van der Waals surface area contributed by atoms with E-state index in [9.17, 15) is 0 Å². The molecule has 0 spiro atoms. The lowest BCUT2D eigenvalue weighted by Crippen LogP contribution is -2.37. The van der Waals surface area contributed by atoms with E-state index >= 15 is 0 Å². The van der Waals surface area contributed by atoms with Gasteiger partial charge in [-0.1, -0.05) is 0 Å². The minimum Gasteiger partial charge on any atom is -0.394 e. The molecule has 1 aliphatic heterocycles. The molecule has 1 unspecified atom stereocenters. The third kappa shape index (κ3) is 4.37.